The summed E-state index contributed by atoms with van der Waals surface area (Å²) >= 11 is 1.48. The Morgan fingerprint density at radius 3 is 2.50 bits per heavy atom. The van der Waals surface area contributed by atoms with E-state index in [0.29, 0.717) is 11.6 Å². The van der Waals surface area contributed by atoms with E-state index >= 15 is 0 Å². The zero-order chi connectivity index (χ0) is 16.5. The van der Waals surface area contributed by atoms with Crippen LogP contribution in [-0.4, -0.2) is 41.3 Å². The fourth-order valence-corrected chi connectivity index (χ4v) is 2.26. The van der Waals surface area contributed by atoms with E-state index in [1.54, 1.807) is 0 Å². The van der Waals surface area contributed by atoms with Crippen molar-refractivity contribution >= 4 is 23.6 Å². The number of esters is 1. The molecular formula is C15H19N3O3S. The summed E-state index contributed by atoms with van der Waals surface area (Å²) in [5.41, 5.74) is 2.65. The van der Waals surface area contributed by atoms with Gasteiger partial charge < -0.3 is 10.1 Å². The van der Waals surface area contributed by atoms with Gasteiger partial charge in [0.05, 0.1) is 6.54 Å². The Balaban J connectivity index is 2.48. The standard InChI is InChI=1S/C15H19N3O3S/c1-5-8-16-13(19)9-21-14(20)7-6-12-10(2)17-15(22-4)18-11(12)3/h1H,6-9H2,2-4H3,(H,16,19). The summed E-state index contributed by atoms with van der Waals surface area (Å²) in [6, 6.07) is 0. The molecule has 0 saturated heterocycles. The summed E-state index contributed by atoms with van der Waals surface area (Å²) in [7, 11) is 0. The number of aromatic nitrogens is 2. The molecule has 0 atom stereocenters. The maximum absolute atomic E-state index is 11.7. The number of hydrogen-bond acceptors (Lipinski definition) is 6. The van der Waals surface area contributed by atoms with Crippen molar-refractivity contribution in [2.24, 2.45) is 0 Å². The van der Waals surface area contributed by atoms with Crippen LogP contribution in [0.4, 0.5) is 0 Å². The van der Waals surface area contributed by atoms with Crippen molar-refractivity contribution in [2.75, 3.05) is 19.4 Å². The van der Waals surface area contributed by atoms with Crippen molar-refractivity contribution in [3.63, 3.8) is 0 Å². The van der Waals surface area contributed by atoms with Gasteiger partial charge in [0.15, 0.2) is 11.8 Å². The summed E-state index contributed by atoms with van der Waals surface area (Å²) in [5, 5.41) is 3.13. The van der Waals surface area contributed by atoms with E-state index in [1.165, 1.54) is 11.8 Å². The number of hydrogen-bond donors (Lipinski definition) is 1. The van der Waals surface area contributed by atoms with E-state index in [4.69, 9.17) is 11.2 Å². The third-order valence-electron chi connectivity index (χ3n) is 2.91. The van der Waals surface area contributed by atoms with Crippen molar-refractivity contribution < 1.29 is 14.3 Å². The lowest BCUT2D eigenvalue weighted by atomic mass is 10.1. The predicted molar refractivity (Wildman–Crippen MR) is 84.4 cm³/mol. The summed E-state index contributed by atoms with van der Waals surface area (Å²) < 4.78 is 4.88. The quantitative estimate of drug-likeness (QED) is 0.350. The molecule has 7 heteroatoms. The average molecular weight is 321 g/mol. The van der Waals surface area contributed by atoms with E-state index in [9.17, 15) is 9.59 Å². The first-order valence-corrected chi connectivity index (χ1v) is 7.94. The minimum atomic E-state index is -0.441. The van der Waals surface area contributed by atoms with Gasteiger partial charge in [0, 0.05) is 17.8 Å². The molecule has 0 aliphatic rings. The number of nitrogens with one attached hydrogen (secondary N) is 1. The molecule has 0 aromatic carbocycles. The first kappa shape index (κ1) is 18.0. The molecular weight excluding hydrogens is 302 g/mol. The Bertz CT molecular complexity index is 573. The molecule has 1 aromatic rings. The molecule has 0 saturated carbocycles. The molecule has 6 nitrogen and oxygen atoms in total. The number of aryl methyl sites for hydroxylation is 2. The van der Waals surface area contributed by atoms with E-state index in [-0.39, 0.29) is 19.6 Å². The molecule has 1 amide bonds. The van der Waals surface area contributed by atoms with Gasteiger partial charge in [-0.05, 0) is 32.1 Å². The Morgan fingerprint density at radius 2 is 1.95 bits per heavy atom. The summed E-state index contributed by atoms with van der Waals surface area (Å²) in [6.45, 7) is 3.58. The number of nitrogens with zero attached hydrogens (tertiary/aromatic N) is 2. The molecule has 22 heavy (non-hydrogen) atoms. The highest BCUT2D eigenvalue weighted by molar-refractivity contribution is 7.98. The topological polar surface area (TPSA) is 81.2 Å². The van der Waals surface area contributed by atoms with E-state index < -0.39 is 11.9 Å². The number of amides is 1. The molecule has 1 aromatic heterocycles. The Kier molecular flexibility index (Phi) is 7.40. The average Bonchev–Trinajstić information content (AvgIpc) is 2.49. The maximum atomic E-state index is 11.7. The minimum Gasteiger partial charge on any atom is -0.456 e. The van der Waals surface area contributed by atoms with Crippen molar-refractivity contribution in [2.45, 2.75) is 31.8 Å². The Hall–Kier alpha value is -2.07. The molecule has 118 valence electrons. The van der Waals surface area contributed by atoms with E-state index in [0.717, 1.165) is 17.0 Å². The van der Waals surface area contributed by atoms with E-state index in [1.807, 2.05) is 20.1 Å². The van der Waals surface area contributed by atoms with Gasteiger partial charge in [0.25, 0.3) is 5.91 Å². The van der Waals surface area contributed by atoms with Crippen LogP contribution in [0, 0.1) is 26.2 Å². The SMILES string of the molecule is C#CCNC(=O)COC(=O)CCc1c(C)nc(SC)nc1C. The largest absolute Gasteiger partial charge is 0.456 e. The van der Waals surface area contributed by atoms with Gasteiger partial charge in [0.1, 0.15) is 0 Å². The van der Waals surface area contributed by atoms with Crippen LogP contribution in [0.3, 0.4) is 0 Å². The first-order chi connectivity index (χ1) is 10.5. The van der Waals surface area contributed by atoms with Crippen LogP contribution in [0.2, 0.25) is 0 Å². The maximum Gasteiger partial charge on any atom is 0.306 e. The third kappa shape index (κ3) is 5.74. The van der Waals surface area contributed by atoms with Crippen molar-refractivity contribution in [3.8, 4) is 12.3 Å². The normalized spacial score (nSPS) is 9.91. The highest BCUT2D eigenvalue weighted by Crippen LogP contribution is 2.17. The lowest BCUT2D eigenvalue weighted by Crippen LogP contribution is -2.29. The molecule has 0 unspecified atom stereocenters. The van der Waals surface area contributed by atoms with Gasteiger partial charge in [-0.15, -0.1) is 6.42 Å². The van der Waals surface area contributed by atoms with Crippen molar-refractivity contribution in [1.29, 1.82) is 0 Å². The van der Waals surface area contributed by atoms with E-state index in [2.05, 4.69) is 21.2 Å². The minimum absolute atomic E-state index is 0.119. The summed E-state index contributed by atoms with van der Waals surface area (Å²) in [4.78, 5) is 31.6. The molecule has 0 aliphatic carbocycles. The summed E-state index contributed by atoms with van der Waals surface area (Å²) in [5.74, 6) is 1.41. The lowest BCUT2D eigenvalue weighted by Gasteiger charge is -2.10. The molecule has 0 radical (unpaired) electrons. The van der Waals surface area contributed by atoms with Crippen molar-refractivity contribution in [1.82, 2.24) is 15.3 Å². The number of thioether (sulfide) groups is 1. The molecule has 1 N–H and O–H groups in total. The number of ether oxygens (including phenoxy) is 1. The Morgan fingerprint density at radius 1 is 1.32 bits per heavy atom. The van der Waals surface area contributed by atoms with Crippen LogP contribution in [0.5, 0.6) is 0 Å². The lowest BCUT2D eigenvalue weighted by molar-refractivity contribution is -0.148. The highest BCUT2D eigenvalue weighted by atomic mass is 32.2. The van der Waals surface area contributed by atoms with Crippen LogP contribution in [0.1, 0.15) is 23.4 Å². The van der Waals surface area contributed by atoms with Crippen LogP contribution < -0.4 is 5.32 Å². The van der Waals surface area contributed by atoms with Gasteiger partial charge >= 0.3 is 5.97 Å². The van der Waals surface area contributed by atoms with Gasteiger partial charge in [0.2, 0.25) is 0 Å². The fourth-order valence-electron chi connectivity index (χ4n) is 1.81. The molecule has 0 bridgehead atoms. The molecule has 0 fully saturated rings. The zero-order valence-corrected chi connectivity index (χ0v) is 13.7. The highest BCUT2D eigenvalue weighted by Gasteiger charge is 2.12. The number of rotatable bonds is 7. The first-order valence-electron chi connectivity index (χ1n) is 6.71. The predicted octanol–water partition coefficient (Wildman–Crippen LogP) is 1.04. The van der Waals surface area contributed by atoms with Crippen molar-refractivity contribution in [3.05, 3.63) is 17.0 Å². The number of carbonyl (C=O) groups is 2. The molecule has 1 heterocycles. The van der Waals surface area contributed by atoms with Crippen LogP contribution in [-0.2, 0) is 20.7 Å². The Labute approximate surface area is 134 Å². The van der Waals surface area contributed by atoms with Gasteiger partial charge in [-0.3, -0.25) is 9.59 Å². The zero-order valence-electron chi connectivity index (χ0n) is 12.9. The van der Waals surface area contributed by atoms with Crippen LogP contribution >= 0.6 is 11.8 Å². The van der Waals surface area contributed by atoms with Crippen LogP contribution in [0.25, 0.3) is 0 Å². The second-order valence-electron chi connectivity index (χ2n) is 4.50. The number of carbonyl (C=O) groups excluding carboxylic acids is 2. The second-order valence-corrected chi connectivity index (χ2v) is 5.27. The van der Waals surface area contributed by atoms with Gasteiger partial charge in [-0.2, -0.15) is 0 Å². The third-order valence-corrected chi connectivity index (χ3v) is 3.46. The van der Waals surface area contributed by atoms with Crippen LogP contribution in [0.15, 0.2) is 5.16 Å². The summed E-state index contributed by atoms with van der Waals surface area (Å²) in [6.07, 6.45) is 7.58. The van der Waals surface area contributed by atoms with Gasteiger partial charge in [-0.1, -0.05) is 17.7 Å². The second kappa shape index (κ2) is 9.05. The smallest absolute Gasteiger partial charge is 0.306 e. The van der Waals surface area contributed by atoms with Gasteiger partial charge in [-0.25, -0.2) is 9.97 Å². The molecule has 1 rings (SSSR count). The monoisotopic (exact) mass is 321 g/mol. The number of terminal acetylenes is 1. The molecule has 0 aliphatic heterocycles. The fraction of sp³-hybridized carbons (Fsp3) is 0.467. The molecule has 0 spiro atoms.